The average Bonchev–Trinajstić information content (AvgIpc) is 2.85. The molecule has 0 saturated carbocycles. The molecule has 0 atom stereocenters. The highest BCUT2D eigenvalue weighted by molar-refractivity contribution is 7.46. The summed E-state index contributed by atoms with van der Waals surface area (Å²) in [5.74, 6) is -0.478. The number of amides is 1. The second kappa shape index (κ2) is 10.6. The Balaban J connectivity index is 1.62. The summed E-state index contributed by atoms with van der Waals surface area (Å²) in [5, 5.41) is 5.70. The van der Waals surface area contributed by atoms with Crippen LogP contribution in [-0.2, 0) is 13.9 Å². The summed E-state index contributed by atoms with van der Waals surface area (Å²) in [4.78, 5) is 44.4. The molecular weight excluding hydrogens is 538 g/mol. The molecule has 3 heterocycles. The van der Waals surface area contributed by atoms with E-state index >= 15 is 0 Å². The first-order chi connectivity index (χ1) is 18.3. The number of hydrogen-bond donors (Lipinski definition) is 4. The topological polar surface area (TPSA) is 177 Å². The zero-order valence-corrected chi connectivity index (χ0v) is 22.4. The first-order valence-corrected chi connectivity index (χ1v) is 12.9. The molecule has 0 fully saturated rings. The maximum Gasteiger partial charge on any atom is 0.471 e. The first-order valence-electron chi connectivity index (χ1n) is 11.3. The van der Waals surface area contributed by atoms with E-state index in [1.54, 1.807) is 12.1 Å². The first kappa shape index (κ1) is 28.0. The van der Waals surface area contributed by atoms with Crippen LogP contribution >= 0.6 is 7.82 Å². The van der Waals surface area contributed by atoms with Crippen molar-refractivity contribution in [1.82, 2.24) is 15.0 Å². The van der Waals surface area contributed by atoms with Gasteiger partial charge in [-0.25, -0.2) is 18.9 Å². The number of phosphoric acid groups is 1. The third-order valence-electron chi connectivity index (χ3n) is 5.49. The summed E-state index contributed by atoms with van der Waals surface area (Å²) in [6, 6.07) is 6.37. The number of hydrogen-bond acceptors (Lipinski definition) is 11. The van der Waals surface area contributed by atoms with Crippen molar-refractivity contribution in [1.29, 1.82) is 0 Å². The van der Waals surface area contributed by atoms with Gasteiger partial charge >= 0.3 is 7.82 Å². The molecule has 1 aromatic carbocycles. The molecule has 39 heavy (non-hydrogen) atoms. The lowest BCUT2D eigenvalue weighted by atomic mass is 10.1. The van der Waals surface area contributed by atoms with Crippen LogP contribution in [0.2, 0.25) is 0 Å². The molecule has 4 rings (SSSR count). The Hall–Kier alpha value is -4.04. The van der Waals surface area contributed by atoms with Crippen molar-refractivity contribution in [3.8, 4) is 17.2 Å². The standard InChI is InChI=1S/C23H26FN6O8P/c1-12-8-13(9-16(35-4)18(12)36-5)26-22-25-10-14(24)19(29-22)27-17-7-6-15-20(28-17)30(11-37-39(32,33)34)21(31)23(2,3)38-15/h6-10H,11H2,1-5H3,(H2,32,33,34)(H2,25,26,27,28,29). The van der Waals surface area contributed by atoms with E-state index in [4.69, 9.17) is 24.0 Å². The Morgan fingerprint density at radius 1 is 1.15 bits per heavy atom. The molecule has 4 N–H and O–H groups in total. The maximum absolute atomic E-state index is 14.6. The number of methoxy groups -OCH3 is 2. The van der Waals surface area contributed by atoms with Crippen molar-refractivity contribution < 1.29 is 42.3 Å². The summed E-state index contributed by atoms with van der Waals surface area (Å²) >= 11 is 0. The zero-order valence-electron chi connectivity index (χ0n) is 21.6. The van der Waals surface area contributed by atoms with Crippen molar-refractivity contribution in [3.63, 3.8) is 0 Å². The van der Waals surface area contributed by atoms with Crippen LogP contribution in [-0.4, -0.2) is 57.2 Å². The third-order valence-corrected chi connectivity index (χ3v) is 5.94. The van der Waals surface area contributed by atoms with Crippen LogP contribution in [0, 0.1) is 12.7 Å². The van der Waals surface area contributed by atoms with Gasteiger partial charge in [0, 0.05) is 11.8 Å². The summed E-state index contributed by atoms with van der Waals surface area (Å²) in [7, 11) is -1.87. The Morgan fingerprint density at radius 2 is 1.90 bits per heavy atom. The van der Waals surface area contributed by atoms with Crippen LogP contribution in [0.1, 0.15) is 19.4 Å². The van der Waals surface area contributed by atoms with Crippen LogP contribution < -0.4 is 29.7 Å². The van der Waals surface area contributed by atoms with Gasteiger partial charge in [0.2, 0.25) is 5.95 Å². The van der Waals surface area contributed by atoms with E-state index in [0.29, 0.717) is 17.2 Å². The molecule has 0 radical (unpaired) electrons. The van der Waals surface area contributed by atoms with Crippen LogP contribution in [0.25, 0.3) is 0 Å². The van der Waals surface area contributed by atoms with E-state index in [1.807, 2.05) is 6.92 Å². The van der Waals surface area contributed by atoms with Crippen molar-refractivity contribution >= 4 is 42.8 Å². The number of pyridine rings is 1. The average molecular weight is 564 g/mol. The lowest BCUT2D eigenvalue weighted by molar-refractivity contribution is -0.133. The van der Waals surface area contributed by atoms with Gasteiger partial charge in [-0.15, -0.1) is 0 Å². The van der Waals surface area contributed by atoms with Gasteiger partial charge in [0.25, 0.3) is 5.91 Å². The number of aryl methyl sites for hydroxylation is 1. The zero-order chi connectivity index (χ0) is 28.5. The number of carbonyl (C=O) groups is 1. The largest absolute Gasteiger partial charge is 0.493 e. The van der Waals surface area contributed by atoms with Gasteiger partial charge in [0.15, 0.2) is 40.3 Å². The molecule has 16 heteroatoms. The van der Waals surface area contributed by atoms with Crippen molar-refractivity contribution in [2.24, 2.45) is 0 Å². The molecule has 0 spiro atoms. The number of rotatable bonds is 9. The second-order valence-electron chi connectivity index (χ2n) is 8.78. The molecule has 2 aromatic heterocycles. The van der Waals surface area contributed by atoms with E-state index < -0.39 is 31.9 Å². The molecule has 208 valence electrons. The van der Waals surface area contributed by atoms with Crippen LogP contribution in [0.5, 0.6) is 17.2 Å². The van der Waals surface area contributed by atoms with E-state index in [2.05, 4.69) is 30.1 Å². The lowest BCUT2D eigenvalue weighted by Crippen LogP contribution is -2.53. The van der Waals surface area contributed by atoms with Crippen LogP contribution in [0.3, 0.4) is 0 Å². The Morgan fingerprint density at radius 3 is 2.56 bits per heavy atom. The maximum atomic E-state index is 14.6. The van der Waals surface area contributed by atoms with Crippen molar-refractivity contribution in [2.75, 3.05) is 36.5 Å². The number of carbonyl (C=O) groups excluding carboxylic acids is 1. The number of anilines is 5. The highest BCUT2D eigenvalue weighted by Crippen LogP contribution is 2.41. The van der Waals surface area contributed by atoms with Crippen molar-refractivity contribution in [2.45, 2.75) is 26.4 Å². The van der Waals surface area contributed by atoms with E-state index in [1.165, 1.54) is 40.2 Å². The minimum absolute atomic E-state index is 0.0524. The normalized spacial score (nSPS) is 14.4. The number of nitrogens with zero attached hydrogens (tertiary/aromatic N) is 4. The number of aromatic nitrogens is 3. The highest BCUT2D eigenvalue weighted by Gasteiger charge is 2.42. The van der Waals surface area contributed by atoms with Gasteiger partial charge in [-0.05, 0) is 44.5 Å². The third kappa shape index (κ3) is 6.17. The van der Waals surface area contributed by atoms with Gasteiger partial charge in [-0.3, -0.25) is 14.2 Å². The predicted molar refractivity (Wildman–Crippen MR) is 137 cm³/mol. The minimum Gasteiger partial charge on any atom is -0.493 e. The molecule has 1 aliphatic rings. The van der Waals surface area contributed by atoms with Crippen LogP contribution in [0.4, 0.5) is 33.5 Å². The van der Waals surface area contributed by atoms with Gasteiger partial charge < -0.3 is 34.6 Å². The van der Waals surface area contributed by atoms with E-state index in [9.17, 15) is 13.8 Å². The summed E-state index contributed by atoms with van der Waals surface area (Å²) in [5.41, 5.74) is -0.0112. The molecule has 1 aliphatic heterocycles. The Kier molecular flexibility index (Phi) is 7.61. The second-order valence-corrected chi connectivity index (χ2v) is 10.0. The number of benzene rings is 1. The van der Waals surface area contributed by atoms with E-state index in [0.717, 1.165) is 16.7 Å². The predicted octanol–water partition coefficient (Wildman–Crippen LogP) is 3.39. The fourth-order valence-electron chi connectivity index (χ4n) is 3.76. The summed E-state index contributed by atoms with van der Waals surface area (Å²) < 4.78 is 46.8. The molecular formula is C23H26FN6O8P. The summed E-state index contributed by atoms with van der Waals surface area (Å²) in [6.45, 7) is 4.01. The highest BCUT2D eigenvalue weighted by atomic mass is 31.2. The number of fused-ring (bicyclic) bond motifs is 1. The SMILES string of the molecule is COc1cc(Nc2ncc(F)c(Nc3ccc4c(n3)N(COP(=O)(O)O)C(=O)C(C)(C)O4)n2)cc(C)c1OC. The fourth-order valence-corrected chi connectivity index (χ4v) is 4.03. The summed E-state index contributed by atoms with van der Waals surface area (Å²) in [6.07, 6.45) is 0.957. The minimum atomic E-state index is -4.90. The van der Waals surface area contributed by atoms with Gasteiger partial charge in [-0.1, -0.05) is 0 Å². The molecule has 14 nitrogen and oxygen atoms in total. The Labute approximate surface area is 222 Å². The molecule has 0 aliphatic carbocycles. The molecule has 0 saturated heterocycles. The number of halogens is 1. The molecule has 1 amide bonds. The lowest BCUT2D eigenvalue weighted by Gasteiger charge is -2.37. The molecule has 0 bridgehead atoms. The quantitative estimate of drug-likeness (QED) is 0.278. The Bertz CT molecular complexity index is 1470. The van der Waals surface area contributed by atoms with Gasteiger partial charge in [-0.2, -0.15) is 4.98 Å². The van der Waals surface area contributed by atoms with Crippen LogP contribution in [0.15, 0.2) is 30.5 Å². The van der Waals surface area contributed by atoms with Crippen molar-refractivity contribution in [3.05, 3.63) is 41.8 Å². The fraction of sp³-hybridized carbons (Fsp3) is 0.304. The number of nitrogens with one attached hydrogen (secondary N) is 2. The van der Waals surface area contributed by atoms with E-state index in [-0.39, 0.29) is 29.2 Å². The number of phosphoric ester groups is 1. The molecule has 3 aromatic rings. The number of ether oxygens (including phenoxy) is 3. The van der Waals surface area contributed by atoms with Gasteiger partial charge in [0.05, 0.1) is 20.4 Å². The van der Waals surface area contributed by atoms with Gasteiger partial charge in [0.1, 0.15) is 12.5 Å². The monoisotopic (exact) mass is 564 g/mol. The smallest absolute Gasteiger partial charge is 0.471 e. The molecule has 0 unspecified atom stereocenters.